The summed E-state index contributed by atoms with van der Waals surface area (Å²) < 4.78 is 131. The van der Waals surface area contributed by atoms with Crippen molar-refractivity contribution in [3.05, 3.63) is 188 Å². The van der Waals surface area contributed by atoms with Gasteiger partial charge in [-0.05, 0) is 136 Å². The van der Waals surface area contributed by atoms with Crippen molar-refractivity contribution in [2.45, 2.75) is 181 Å². The summed E-state index contributed by atoms with van der Waals surface area (Å²) in [6, 6.07) is 36.1. The van der Waals surface area contributed by atoms with Crippen LogP contribution >= 0.6 is 77.4 Å². The molecule has 0 aromatic heterocycles. The Hall–Kier alpha value is 0.627. The van der Waals surface area contributed by atoms with Crippen LogP contribution in [0.15, 0.2) is 121 Å². The van der Waals surface area contributed by atoms with Crippen LogP contribution < -0.4 is 129 Å². The Labute approximate surface area is 719 Å². The van der Waals surface area contributed by atoms with Gasteiger partial charge in [0, 0.05) is 95.0 Å². The number of benzene rings is 6. The van der Waals surface area contributed by atoms with Gasteiger partial charge >= 0.3 is 152 Å². The molecule has 0 saturated heterocycles. The van der Waals surface area contributed by atoms with Crippen LogP contribution in [0.1, 0.15) is 173 Å². The number of carbonyl (C=O) groups excluding carboxylic acids is 2. The summed E-state index contributed by atoms with van der Waals surface area (Å²) in [5.41, 5.74) is 8.01. The van der Waals surface area contributed by atoms with Gasteiger partial charge in [0.15, 0.2) is 0 Å². The molecule has 3 saturated carbocycles. The van der Waals surface area contributed by atoms with Gasteiger partial charge in [-0.1, -0.05) is 179 Å². The van der Waals surface area contributed by atoms with E-state index < -0.39 is 61.7 Å². The number of alkyl halides is 2. The number of nitrogens with one attached hydrogen (secondary N) is 1. The van der Waals surface area contributed by atoms with E-state index >= 15 is 9.36 Å². The second-order valence-electron chi connectivity index (χ2n) is 25.5. The van der Waals surface area contributed by atoms with Crippen LogP contribution in [0.25, 0.3) is 0 Å². The van der Waals surface area contributed by atoms with Crippen LogP contribution in [-0.4, -0.2) is 115 Å². The summed E-state index contributed by atoms with van der Waals surface area (Å²) in [5.74, 6) is -0.722. The molecule has 28 heteroatoms. The Bertz CT molecular complexity index is 3870. The molecule has 0 radical (unpaired) electrons. The summed E-state index contributed by atoms with van der Waals surface area (Å²) in [6.07, 6.45) is 15.6. The maximum Gasteiger partial charge on any atom is 1.00 e. The van der Waals surface area contributed by atoms with Gasteiger partial charge in [-0.25, -0.2) is 16.8 Å². The normalized spacial score (nSPS) is 15.0. The largest absolute Gasteiger partial charge is 1.00 e. The van der Waals surface area contributed by atoms with Crippen LogP contribution in [0.2, 0.25) is 0 Å². The van der Waals surface area contributed by atoms with E-state index in [1.165, 1.54) is 19.3 Å². The summed E-state index contributed by atoms with van der Waals surface area (Å²) in [6.45, 7) is 12.4. The molecule has 0 amide bonds. The first-order valence-corrected chi connectivity index (χ1v) is 51.6. The number of rotatable bonds is 26. The van der Waals surface area contributed by atoms with Crippen LogP contribution in [0.4, 0.5) is 0 Å². The van der Waals surface area contributed by atoms with Gasteiger partial charge in [0.1, 0.15) is 0 Å². The molecule has 537 valence electrons. The predicted molar refractivity (Wildman–Crippen MR) is 412 cm³/mol. The van der Waals surface area contributed by atoms with E-state index in [1.54, 1.807) is 97.1 Å². The third-order valence-electron chi connectivity index (χ3n) is 19.4. The van der Waals surface area contributed by atoms with Crippen molar-refractivity contribution in [2.24, 2.45) is 0 Å². The maximum absolute atomic E-state index is 15.5. The summed E-state index contributed by atoms with van der Waals surface area (Å²) in [4.78, 5) is 33.4. The van der Waals surface area contributed by atoms with Crippen molar-refractivity contribution in [2.75, 3.05) is 36.9 Å². The van der Waals surface area contributed by atoms with Crippen molar-refractivity contribution in [1.29, 1.82) is 0 Å². The van der Waals surface area contributed by atoms with Crippen LogP contribution in [0.3, 0.4) is 0 Å². The molecular formula is C72H93Cl2I2K2N3O13P2S3V. The number of halogens is 4. The Morgan fingerprint density at radius 3 is 1.02 bits per heavy atom. The van der Waals surface area contributed by atoms with E-state index in [1.807, 2.05) is 65.8 Å². The first-order valence-electron chi connectivity index (χ1n) is 33.3. The zero-order chi connectivity index (χ0) is 72.0. The summed E-state index contributed by atoms with van der Waals surface area (Å²) in [5, 5.41) is 5.01. The molecule has 0 heterocycles. The quantitative estimate of drug-likeness (QED) is 0.0169. The van der Waals surface area contributed by atoms with E-state index in [2.05, 4.69) is 55.1 Å². The first kappa shape index (κ1) is 93.0. The fraction of sp³-hybridized carbons (Fsp3) is 0.472. The Kier molecular flexibility index (Phi) is 41.9. The molecule has 2 N–H and O–H groups in total. The summed E-state index contributed by atoms with van der Waals surface area (Å²) in [7, 11) is -19.7. The topological polar surface area (TPSA) is 256 Å². The van der Waals surface area contributed by atoms with Gasteiger partial charge < -0.3 is 23.6 Å². The van der Waals surface area contributed by atoms with Gasteiger partial charge in [-0.15, -0.1) is 23.2 Å². The van der Waals surface area contributed by atoms with E-state index in [0.29, 0.717) is 65.5 Å². The number of carbonyl (C=O) groups is 2. The number of nitrogens with zero attached hydrogens (tertiary/aromatic N) is 2. The van der Waals surface area contributed by atoms with Crippen molar-refractivity contribution in [1.82, 2.24) is 15.1 Å². The summed E-state index contributed by atoms with van der Waals surface area (Å²) >= 11 is 17.2. The number of hydrogen-bond acceptors (Lipinski definition) is 15. The van der Waals surface area contributed by atoms with Gasteiger partial charge in [0.2, 0.25) is 25.3 Å². The molecule has 3 fully saturated rings. The molecule has 6 aromatic carbocycles. The number of hydrogen-bond donors (Lipinski definition) is 2. The fourth-order valence-electron chi connectivity index (χ4n) is 14.0. The molecule has 0 spiro atoms. The molecule has 0 unspecified atom stereocenters. The molecule has 3 aliphatic rings. The molecule has 16 nitrogen and oxygen atoms in total. The minimum Gasteiger partial charge on any atom is 1.00 e. The SMILES string of the molecule is Cc1c(CCl)c(C)c(C(=O)P(=O)(c2ccccc2)c2ccccc2)c(C)c1CCl.Cc1c(CN(CCS(=O)(=O)[O-])C2CCCCC2)c(C)c(C(=O)P(=O)(c2ccccc2)c2ccccc2)c(C)c1CN(CCS(=O)(=O)[O-])C1CCCCC1.O=S(=O)(O)CCNC1CCCCC1.[I][V][I].[K+].[K+]. The van der Waals surface area contributed by atoms with Crippen molar-refractivity contribution >= 4 is 140 Å². The molecule has 0 atom stereocenters. The standard InChI is InChI=1S/C40H55N2O8PS2.C24H23Cl2O2P.C8H17NO3S.2HI.2K.V/c1-30-37(28-41(24-26-52(45,46)47)33-16-8-4-9-17-33)31(2)39(40(43)51(44,35-20-12-6-13-21-35)36-22-14-7-15-23-36)32(3)38(30)29-42(25-27-53(48,49)50)34-18-10-5-11-19-34;1-16-21(14-25)17(2)23(18(3)22(16)15-26)24(27)29(28,19-10-6-4-7-11-19)20-12-8-5-9-13-20;10-13(11,12)7-6-9-8-4-2-1-3-5-8;;;;;/h6-7,12-15,20-23,33-34H,4-5,8-11,16-19,24-29H2,1-3H3,(H,45,46,47)(H,48,49,50);4-13H,14-15H2,1-3H3;8-9H,1-7H2,(H,10,11,12);2*1H;;;/q;;;;;2*+1;+2/p-4. The van der Waals surface area contributed by atoms with Crippen LogP contribution in [0.5, 0.6) is 0 Å². The van der Waals surface area contributed by atoms with E-state index in [0.717, 1.165) is 122 Å². The van der Waals surface area contributed by atoms with E-state index in [9.17, 15) is 43.7 Å². The van der Waals surface area contributed by atoms with E-state index in [-0.39, 0.29) is 164 Å². The van der Waals surface area contributed by atoms with Gasteiger partial charge in [-0.3, -0.25) is 23.9 Å². The molecule has 3 aliphatic carbocycles. The minimum atomic E-state index is -4.50. The third-order valence-corrected chi connectivity index (χ3v) is 27.7. The molecular weight excluding hydrogens is 1730 g/mol. The van der Waals surface area contributed by atoms with Crippen LogP contribution in [0, 0.1) is 41.5 Å². The van der Waals surface area contributed by atoms with Crippen molar-refractivity contribution in [3.8, 4) is 0 Å². The van der Waals surface area contributed by atoms with Crippen molar-refractivity contribution < 1.29 is 170 Å². The average molecular weight is 1820 g/mol. The zero-order valence-corrected chi connectivity index (χ0v) is 76.5. The van der Waals surface area contributed by atoms with Crippen molar-refractivity contribution in [3.63, 3.8) is 0 Å². The minimum absolute atomic E-state index is 0. The van der Waals surface area contributed by atoms with Gasteiger partial charge in [-0.2, -0.15) is 8.42 Å². The molecule has 100 heavy (non-hydrogen) atoms. The first-order chi connectivity index (χ1) is 46.5. The molecule has 9 rings (SSSR count). The third kappa shape index (κ3) is 26.7. The second-order valence-corrected chi connectivity index (χ2v) is 47.8. The van der Waals surface area contributed by atoms with E-state index in [4.69, 9.17) is 27.8 Å². The monoisotopic (exact) mass is 1820 g/mol. The zero-order valence-electron chi connectivity index (χ0n) is 58.8. The molecule has 6 aromatic rings. The maximum atomic E-state index is 15.5. The van der Waals surface area contributed by atoms with Gasteiger partial charge in [0.05, 0.1) is 37.5 Å². The average Bonchev–Trinajstić information content (AvgIpc) is 0.747. The Morgan fingerprint density at radius 1 is 0.480 bits per heavy atom. The fourth-order valence-corrected chi connectivity index (χ4v) is 21.3. The second kappa shape index (κ2) is 45.1. The predicted octanol–water partition coefficient (Wildman–Crippen LogP) is 8.94. The Balaban J connectivity index is 0.000000375. The van der Waals surface area contributed by atoms with Gasteiger partial charge in [0.25, 0.3) is 10.1 Å². The van der Waals surface area contributed by atoms with Crippen LogP contribution in [-0.2, 0) is 73.8 Å². The molecule has 0 aliphatic heterocycles. The smallest absolute Gasteiger partial charge is 1.00 e. The molecule has 0 bridgehead atoms. The Morgan fingerprint density at radius 2 is 0.750 bits per heavy atom.